The van der Waals surface area contributed by atoms with Crippen LogP contribution in [0, 0.1) is 13.8 Å². The van der Waals surface area contributed by atoms with Gasteiger partial charge in [0.15, 0.2) is 5.58 Å². The van der Waals surface area contributed by atoms with Gasteiger partial charge in [-0.15, -0.1) is 0 Å². The van der Waals surface area contributed by atoms with Gasteiger partial charge in [0.05, 0.1) is 6.61 Å². The maximum atomic E-state index is 11.9. The molecule has 0 aliphatic carbocycles. The number of nitrogens with zero attached hydrogens (tertiary/aromatic N) is 2. The van der Waals surface area contributed by atoms with Crippen LogP contribution in [0.2, 0.25) is 0 Å². The molecule has 1 aliphatic rings. The maximum Gasteiger partial charge on any atom is 0.319 e. The Morgan fingerprint density at radius 2 is 1.83 bits per heavy atom. The number of benzene rings is 3. The number of aromatic nitrogens is 2. The number of H-pyrrole nitrogens is 1. The number of carbonyl (C=O) groups is 1. The highest BCUT2D eigenvalue weighted by Gasteiger charge is 2.26. The molecule has 42 heavy (non-hydrogen) atoms. The Hall–Kier alpha value is -5.06. The van der Waals surface area contributed by atoms with E-state index in [2.05, 4.69) is 43.1 Å². The first-order valence-electron chi connectivity index (χ1n) is 13.8. The zero-order valence-corrected chi connectivity index (χ0v) is 23.4. The molecular weight excluding hydrogens is 530 g/mol. The first-order chi connectivity index (χ1) is 20.4. The van der Waals surface area contributed by atoms with E-state index in [1.165, 1.54) is 0 Å². The van der Waals surface area contributed by atoms with Crippen LogP contribution in [-0.4, -0.2) is 34.3 Å². The molecule has 6 rings (SSSR count). The number of hydrogen-bond donors (Lipinski definition) is 6. The molecule has 1 aliphatic heterocycles. The van der Waals surface area contributed by atoms with Gasteiger partial charge in [0, 0.05) is 53.7 Å². The second kappa shape index (κ2) is 11.4. The minimum absolute atomic E-state index is 0.108. The summed E-state index contributed by atoms with van der Waals surface area (Å²) in [5.41, 5.74) is 17.2. The van der Waals surface area contributed by atoms with E-state index >= 15 is 0 Å². The second-order valence-electron chi connectivity index (χ2n) is 10.4. The molecule has 5 aromatic rings. The van der Waals surface area contributed by atoms with Gasteiger partial charge in [-0.1, -0.05) is 18.2 Å². The van der Waals surface area contributed by atoms with E-state index < -0.39 is 0 Å². The number of aliphatic hydroxyl groups excluding tert-OH is 1. The van der Waals surface area contributed by atoms with Crippen molar-refractivity contribution in [2.75, 3.05) is 28.7 Å². The first kappa shape index (κ1) is 27.1. The summed E-state index contributed by atoms with van der Waals surface area (Å²) in [6.07, 6.45) is 4.33. The first-order valence-corrected chi connectivity index (χ1v) is 13.8. The summed E-state index contributed by atoms with van der Waals surface area (Å²) in [5.74, 6) is 0. The van der Waals surface area contributed by atoms with E-state index in [1.54, 1.807) is 0 Å². The number of rotatable bonds is 8. The van der Waals surface area contributed by atoms with Crippen molar-refractivity contribution in [3.8, 4) is 0 Å². The minimum Gasteiger partial charge on any atom is -0.423 e. The molecule has 2 amide bonds. The molecule has 0 fully saturated rings. The fourth-order valence-electron chi connectivity index (χ4n) is 5.28. The molecule has 0 saturated carbocycles. The molecule has 0 saturated heterocycles. The predicted molar refractivity (Wildman–Crippen MR) is 166 cm³/mol. The number of aryl methyl sites for hydroxylation is 2. The van der Waals surface area contributed by atoms with Crippen LogP contribution < -0.4 is 26.6 Å². The fraction of sp³-hybridized carbons (Fsp3) is 0.188. The Morgan fingerprint density at radius 1 is 1.07 bits per heavy atom. The largest absolute Gasteiger partial charge is 0.423 e. The van der Waals surface area contributed by atoms with E-state index in [0.717, 1.165) is 56.0 Å². The highest BCUT2D eigenvalue weighted by atomic mass is 16.4. The zero-order chi connectivity index (χ0) is 29.2. The molecule has 3 heterocycles. The predicted octanol–water partition coefficient (Wildman–Crippen LogP) is 5.69. The lowest BCUT2D eigenvalue weighted by atomic mass is 9.96. The van der Waals surface area contributed by atoms with Crippen molar-refractivity contribution >= 4 is 45.8 Å². The maximum absolute atomic E-state index is 11.9. The second-order valence-corrected chi connectivity index (χ2v) is 10.4. The van der Waals surface area contributed by atoms with Gasteiger partial charge in [0.25, 0.3) is 6.01 Å². The Kier molecular flexibility index (Phi) is 7.39. The molecule has 0 bridgehead atoms. The monoisotopic (exact) mass is 563 g/mol. The Balaban J connectivity index is 1.19. The summed E-state index contributed by atoms with van der Waals surface area (Å²) in [6, 6.07) is 21.9. The number of aromatic amines is 1. The average Bonchev–Trinajstić information content (AvgIpc) is 3.63. The molecule has 10 nitrogen and oxygen atoms in total. The van der Waals surface area contributed by atoms with Crippen molar-refractivity contribution in [3.05, 3.63) is 107 Å². The molecule has 214 valence electrons. The van der Waals surface area contributed by atoms with Gasteiger partial charge in [-0.2, -0.15) is 4.98 Å². The van der Waals surface area contributed by atoms with Crippen LogP contribution in [0.4, 0.5) is 27.9 Å². The van der Waals surface area contributed by atoms with Crippen molar-refractivity contribution in [2.45, 2.75) is 26.4 Å². The number of oxazole rings is 1. The fourth-order valence-corrected chi connectivity index (χ4v) is 5.28. The topological polar surface area (TPSA) is 144 Å². The van der Waals surface area contributed by atoms with E-state index in [1.807, 2.05) is 80.7 Å². The summed E-state index contributed by atoms with van der Waals surface area (Å²) in [7, 11) is 0. The van der Waals surface area contributed by atoms with Crippen molar-refractivity contribution < 1.29 is 14.3 Å². The van der Waals surface area contributed by atoms with Crippen molar-refractivity contribution in [1.29, 1.82) is 0 Å². The number of nitrogens with two attached hydrogens (primary N) is 1. The van der Waals surface area contributed by atoms with Crippen LogP contribution in [0.25, 0.3) is 16.7 Å². The normalized spacial score (nSPS) is 14.4. The molecule has 7 N–H and O–H groups in total. The molecule has 3 aromatic carbocycles. The van der Waals surface area contributed by atoms with Crippen molar-refractivity contribution in [3.63, 3.8) is 0 Å². The van der Waals surface area contributed by atoms with Crippen LogP contribution in [0.15, 0.2) is 83.5 Å². The third kappa shape index (κ3) is 5.58. The van der Waals surface area contributed by atoms with Gasteiger partial charge in [0.2, 0.25) is 0 Å². The number of carbonyl (C=O) groups excluding carboxylic acids is 1. The summed E-state index contributed by atoms with van der Waals surface area (Å²) < 4.78 is 5.97. The number of amides is 2. The van der Waals surface area contributed by atoms with E-state index in [-0.39, 0.29) is 25.3 Å². The quantitative estimate of drug-likeness (QED) is 0.142. The SMILES string of the molecule is Cc1cc(C)c2oc(Nc3ccc(N4C=C(Cc5ccc(NC(=O)NCCO)cc5)c5[nH]ccc5C4N)cc3)nc2c1. The van der Waals surface area contributed by atoms with Gasteiger partial charge >= 0.3 is 6.03 Å². The van der Waals surface area contributed by atoms with Gasteiger partial charge in [0.1, 0.15) is 11.7 Å². The van der Waals surface area contributed by atoms with Crippen molar-refractivity contribution in [2.24, 2.45) is 5.73 Å². The highest BCUT2D eigenvalue weighted by Crippen LogP contribution is 2.37. The van der Waals surface area contributed by atoms with Gasteiger partial charge in [-0.3, -0.25) is 0 Å². The van der Waals surface area contributed by atoms with Crippen LogP contribution in [-0.2, 0) is 6.42 Å². The van der Waals surface area contributed by atoms with Crippen LogP contribution >= 0.6 is 0 Å². The van der Waals surface area contributed by atoms with E-state index in [0.29, 0.717) is 18.1 Å². The smallest absolute Gasteiger partial charge is 0.319 e. The number of aliphatic hydroxyl groups is 1. The van der Waals surface area contributed by atoms with E-state index in [4.69, 9.17) is 15.3 Å². The molecule has 0 radical (unpaired) electrons. The average molecular weight is 564 g/mol. The van der Waals surface area contributed by atoms with Crippen molar-refractivity contribution in [1.82, 2.24) is 15.3 Å². The Bertz CT molecular complexity index is 1750. The standard InChI is InChI=1S/C32H33N7O3/c1-19-15-20(2)29-27(16-19)38-32(42-29)37-24-7-9-25(10-8-24)39-18-22(28-26(30(39)33)11-12-34-28)17-21-3-5-23(6-4-21)36-31(41)35-13-14-40/h3-12,15-16,18,30,34,40H,13-14,17,33H2,1-2H3,(H,37,38)(H2,35,36,41). The number of urea groups is 1. The summed E-state index contributed by atoms with van der Waals surface area (Å²) >= 11 is 0. The number of anilines is 4. The van der Waals surface area contributed by atoms with Crippen LogP contribution in [0.3, 0.4) is 0 Å². The molecular formula is C32H33N7O3. The van der Waals surface area contributed by atoms with E-state index in [9.17, 15) is 4.79 Å². The summed E-state index contributed by atoms with van der Waals surface area (Å²) in [4.78, 5) is 21.9. The molecule has 10 heteroatoms. The van der Waals surface area contributed by atoms with Crippen LogP contribution in [0.5, 0.6) is 0 Å². The highest BCUT2D eigenvalue weighted by molar-refractivity contribution is 5.89. The van der Waals surface area contributed by atoms with Gasteiger partial charge in [-0.25, -0.2) is 4.79 Å². The molecule has 0 spiro atoms. The lowest BCUT2D eigenvalue weighted by Crippen LogP contribution is -2.33. The molecule has 1 unspecified atom stereocenters. The Morgan fingerprint density at radius 3 is 2.60 bits per heavy atom. The lowest BCUT2D eigenvalue weighted by molar-refractivity contribution is 0.245. The van der Waals surface area contributed by atoms with Crippen LogP contribution in [0.1, 0.15) is 34.1 Å². The number of allylic oxidation sites excluding steroid dienone is 1. The third-order valence-electron chi connectivity index (χ3n) is 7.25. The summed E-state index contributed by atoms with van der Waals surface area (Å²) in [6.45, 7) is 4.16. The minimum atomic E-state index is -0.354. The number of fused-ring (bicyclic) bond motifs is 2. The Labute approximate surface area is 243 Å². The lowest BCUT2D eigenvalue weighted by Gasteiger charge is -2.33. The van der Waals surface area contributed by atoms with Gasteiger partial charge in [-0.05, 0) is 84.6 Å². The van der Waals surface area contributed by atoms with Gasteiger partial charge < -0.3 is 41.1 Å². The molecule has 1 atom stereocenters. The number of hydrogen-bond acceptors (Lipinski definition) is 7. The zero-order valence-electron chi connectivity index (χ0n) is 23.4. The third-order valence-corrected chi connectivity index (χ3v) is 7.25. The number of nitrogens with one attached hydrogen (secondary N) is 4. The molecule has 2 aromatic heterocycles. The summed E-state index contributed by atoms with van der Waals surface area (Å²) in [5, 5.41) is 17.5.